The summed E-state index contributed by atoms with van der Waals surface area (Å²) in [5, 5.41) is 3.33. The summed E-state index contributed by atoms with van der Waals surface area (Å²) in [6, 6.07) is 6.52. The van der Waals surface area contributed by atoms with Gasteiger partial charge in [-0.25, -0.2) is 0 Å². The first-order valence-corrected chi connectivity index (χ1v) is 6.36. The van der Waals surface area contributed by atoms with Gasteiger partial charge >= 0.3 is 0 Å². The van der Waals surface area contributed by atoms with Crippen LogP contribution in [0.4, 0.5) is 5.69 Å². The molecule has 0 spiro atoms. The number of amides is 2. The predicted molar refractivity (Wildman–Crippen MR) is 70.6 cm³/mol. The lowest BCUT2D eigenvalue weighted by atomic mass is 10.1. The molecule has 0 radical (unpaired) electrons. The summed E-state index contributed by atoms with van der Waals surface area (Å²) >= 11 is 5.81. The fourth-order valence-corrected chi connectivity index (χ4v) is 2.16. The molecule has 1 aromatic rings. The van der Waals surface area contributed by atoms with Crippen molar-refractivity contribution in [2.45, 2.75) is 25.8 Å². The lowest BCUT2D eigenvalue weighted by Crippen LogP contribution is -2.58. The quantitative estimate of drug-likeness (QED) is 0.909. The lowest BCUT2D eigenvalue weighted by molar-refractivity contribution is -0.131. The maximum Gasteiger partial charge on any atom is 0.250 e. The molecule has 1 fully saturated rings. The summed E-state index contributed by atoms with van der Waals surface area (Å²) in [7, 11) is 0. The van der Waals surface area contributed by atoms with E-state index in [9.17, 15) is 9.59 Å². The maximum absolute atomic E-state index is 12.2. The molecule has 1 N–H and O–H groups in total. The van der Waals surface area contributed by atoms with E-state index in [0.717, 1.165) is 6.42 Å². The van der Waals surface area contributed by atoms with Crippen LogP contribution in [-0.4, -0.2) is 24.4 Å². The third kappa shape index (κ3) is 2.64. The van der Waals surface area contributed by atoms with Gasteiger partial charge < -0.3 is 10.2 Å². The standard InChI is InChI=1S/C13H15ClN2O2/c1-2-3-11-13(18)16(8-12(17)15-11)10-6-4-9(14)5-7-10/h4-7,11H,2-3,8H2,1H3,(H,15,17). The molecule has 1 aliphatic heterocycles. The number of carbonyl (C=O) groups excluding carboxylic acids is 2. The number of hydrogen-bond donors (Lipinski definition) is 1. The van der Waals surface area contributed by atoms with Gasteiger partial charge in [-0.2, -0.15) is 0 Å². The van der Waals surface area contributed by atoms with Crippen molar-refractivity contribution in [3.8, 4) is 0 Å². The summed E-state index contributed by atoms with van der Waals surface area (Å²) < 4.78 is 0. The first kappa shape index (κ1) is 12.9. The van der Waals surface area contributed by atoms with E-state index in [1.807, 2.05) is 6.92 Å². The molecule has 2 rings (SSSR count). The van der Waals surface area contributed by atoms with Gasteiger partial charge in [-0.1, -0.05) is 24.9 Å². The largest absolute Gasteiger partial charge is 0.343 e. The van der Waals surface area contributed by atoms with Gasteiger partial charge in [0.05, 0.1) is 0 Å². The Kier molecular flexibility index (Phi) is 3.87. The van der Waals surface area contributed by atoms with Crippen LogP contribution in [0.2, 0.25) is 5.02 Å². The monoisotopic (exact) mass is 266 g/mol. The Morgan fingerprint density at radius 1 is 1.33 bits per heavy atom. The summed E-state index contributed by atoms with van der Waals surface area (Å²) in [6.45, 7) is 2.06. The molecule has 96 valence electrons. The van der Waals surface area contributed by atoms with Crippen molar-refractivity contribution >= 4 is 29.1 Å². The number of nitrogens with one attached hydrogen (secondary N) is 1. The van der Waals surface area contributed by atoms with Crippen LogP contribution in [0.3, 0.4) is 0 Å². The normalized spacial score (nSPS) is 19.9. The van der Waals surface area contributed by atoms with E-state index < -0.39 is 6.04 Å². The number of carbonyl (C=O) groups is 2. The minimum Gasteiger partial charge on any atom is -0.343 e. The number of hydrogen-bond acceptors (Lipinski definition) is 2. The molecule has 5 heteroatoms. The van der Waals surface area contributed by atoms with Gasteiger partial charge in [0.25, 0.3) is 0 Å². The summed E-state index contributed by atoms with van der Waals surface area (Å²) in [5.74, 6) is -0.179. The first-order chi connectivity index (χ1) is 8.61. The Morgan fingerprint density at radius 3 is 2.61 bits per heavy atom. The van der Waals surface area contributed by atoms with Gasteiger partial charge in [0.1, 0.15) is 12.6 Å². The Bertz CT molecular complexity index is 459. The minimum absolute atomic E-state index is 0.0567. The number of halogens is 1. The smallest absolute Gasteiger partial charge is 0.250 e. The van der Waals surface area contributed by atoms with Crippen LogP contribution in [0.5, 0.6) is 0 Å². The van der Waals surface area contributed by atoms with Gasteiger partial charge in [-0.15, -0.1) is 0 Å². The lowest BCUT2D eigenvalue weighted by Gasteiger charge is -2.32. The van der Waals surface area contributed by atoms with Crippen molar-refractivity contribution < 1.29 is 9.59 Å². The third-order valence-electron chi connectivity index (χ3n) is 2.92. The highest BCUT2D eigenvalue weighted by Crippen LogP contribution is 2.21. The molecule has 1 saturated heterocycles. The number of piperazine rings is 1. The van der Waals surface area contributed by atoms with Crippen molar-refractivity contribution in [3.05, 3.63) is 29.3 Å². The Hall–Kier alpha value is -1.55. The third-order valence-corrected chi connectivity index (χ3v) is 3.17. The van der Waals surface area contributed by atoms with Gasteiger partial charge in [0.2, 0.25) is 11.8 Å². The molecule has 1 aliphatic rings. The fourth-order valence-electron chi connectivity index (χ4n) is 2.04. The van der Waals surface area contributed by atoms with Crippen LogP contribution in [0.25, 0.3) is 0 Å². The fraction of sp³-hybridized carbons (Fsp3) is 0.385. The van der Waals surface area contributed by atoms with Gasteiger partial charge in [0.15, 0.2) is 0 Å². The van der Waals surface area contributed by atoms with E-state index in [1.165, 1.54) is 4.90 Å². The van der Waals surface area contributed by atoms with E-state index in [4.69, 9.17) is 11.6 Å². The molecule has 1 heterocycles. The van der Waals surface area contributed by atoms with Crippen molar-refractivity contribution in [1.29, 1.82) is 0 Å². The van der Waals surface area contributed by atoms with Crippen molar-refractivity contribution in [2.75, 3.05) is 11.4 Å². The Labute approximate surface area is 111 Å². The van der Waals surface area contributed by atoms with Crippen LogP contribution < -0.4 is 10.2 Å². The highest BCUT2D eigenvalue weighted by atomic mass is 35.5. The molecule has 1 unspecified atom stereocenters. The maximum atomic E-state index is 12.2. The zero-order valence-electron chi connectivity index (χ0n) is 10.1. The van der Waals surface area contributed by atoms with E-state index in [-0.39, 0.29) is 18.4 Å². The average molecular weight is 267 g/mol. The second-order valence-corrected chi connectivity index (χ2v) is 4.75. The van der Waals surface area contributed by atoms with Gasteiger partial charge in [-0.05, 0) is 30.7 Å². The van der Waals surface area contributed by atoms with Crippen LogP contribution in [0.1, 0.15) is 19.8 Å². The molecule has 0 aromatic heterocycles. The summed E-state index contributed by atoms with van der Waals surface area (Å²) in [4.78, 5) is 25.3. The molecule has 1 atom stereocenters. The molecule has 2 amide bonds. The highest BCUT2D eigenvalue weighted by Gasteiger charge is 2.32. The van der Waals surface area contributed by atoms with Crippen LogP contribution >= 0.6 is 11.6 Å². The average Bonchev–Trinajstić information content (AvgIpc) is 2.35. The first-order valence-electron chi connectivity index (χ1n) is 5.98. The van der Waals surface area contributed by atoms with E-state index in [2.05, 4.69) is 5.32 Å². The molecule has 0 bridgehead atoms. The number of benzene rings is 1. The number of anilines is 1. The molecule has 1 aromatic carbocycles. The van der Waals surface area contributed by atoms with Crippen molar-refractivity contribution in [2.24, 2.45) is 0 Å². The second kappa shape index (κ2) is 5.40. The zero-order chi connectivity index (χ0) is 13.1. The van der Waals surface area contributed by atoms with Crippen LogP contribution in [0, 0.1) is 0 Å². The molecule has 18 heavy (non-hydrogen) atoms. The second-order valence-electron chi connectivity index (χ2n) is 4.31. The predicted octanol–water partition coefficient (Wildman–Crippen LogP) is 1.97. The molecule has 0 aliphatic carbocycles. The molecular weight excluding hydrogens is 252 g/mol. The van der Waals surface area contributed by atoms with Crippen LogP contribution in [0.15, 0.2) is 24.3 Å². The summed E-state index contributed by atoms with van der Waals surface area (Å²) in [6.07, 6.45) is 1.51. The van der Waals surface area contributed by atoms with Crippen molar-refractivity contribution in [1.82, 2.24) is 5.32 Å². The topological polar surface area (TPSA) is 49.4 Å². The highest BCUT2D eigenvalue weighted by molar-refractivity contribution is 6.30. The molecule has 4 nitrogen and oxygen atoms in total. The number of nitrogens with zero attached hydrogens (tertiary/aromatic N) is 1. The minimum atomic E-state index is -0.410. The van der Waals surface area contributed by atoms with Gasteiger partial charge in [-0.3, -0.25) is 9.59 Å². The molecular formula is C13H15ClN2O2. The summed E-state index contributed by atoms with van der Waals surface area (Å²) in [5.41, 5.74) is 0.709. The Balaban J connectivity index is 2.23. The van der Waals surface area contributed by atoms with Crippen molar-refractivity contribution in [3.63, 3.8) is 0 Å². The number of rotatable bonds is 3. The van der Waals surface area contributed by atoms with Gasteiger partial charge in [0, 0.05) is 10.7 Å². The molecule has 0 saturated carbocycles. The zero-order valence-corrected chi connectivity index (χ0v) is 10.9. The van der Waals surface area contributed by atoms with Crippen LogP contribution in [-0.2, 0) is 9.59 Å². The van der Waals surface area contributed by atoms with E-state index in [0.29, 0.717) is 17.1 Å². The Morgan fingerprint density at radius 2 is 2.00 bits per heavy atom. The SMILES string of the molecule is CCCC1NC(=O)CN(c2ccc(Cl)cc2)C1=O. The van der Waals surface area contributed by atoms with E-state index in [1.54, 1.807) is 24.3 Å². The van der Waals surface area contributed by atoms with E-state index >= 15 is 0 Å².